The van der Waals surface area contributed by atoms with Crippen molar-refractivity contribution in [3.63, 3.8) is 0 Å². The molecule has 0 aromatic heterocycles. The zero-order chi connectivity index (χ0) is 15.7. The molecule has 1 N–H and O–H groups in total. The summed E-state index contributed by atoms with van der Waals surface area (Å²) in [4.78, 5) is 14.7. The van der Waals surface area contributed by atoms with Crippen molar-refractivity contribution in [3.8, 4) is 0 Å². The molecule has 0 radical (unpaired) electrons. The van der Waals surface area contributed by atoms with Crippen LogP contribution in [0.15, 0.2) is 0 Å². The average Bonchev–Trinajstić information content (AvgIpc) is 3.21. The fraction of sp³-hybridized carbons (Fsp3) is 0.941. The number of methoxy groups -OCH3 is 1. The number of hydrogen-bond donors (Lipinski definition) is 1. The predicted octanol–water partition coefficient (Wildman–Crippen LogP) is 2.57. The van der Waals surface area contributed by atoms with E-state index in [4.69, 9.17) is 4.74 Å². The van der Waals surface area contributed by atoms with Gasteiger partial charge in [0.15, 0.2) is 0 Å². The third kappa shape index (κ3) is 4.43. The number of likely N-dealkylation sites (tertiary alicyclic amines) is 1. The summed E-state index contributed by atoms with van der Waals surface area (Å²) in [6.45, 7) is 11.2. The highest BCUT2D eigenvalue weighted by Gasteiger charge is 2.41. The lowest BCUT2D eigenvalue weighted by Crippen LogP contribution is -2.55. The standard InChI is InChI=1S/C17H32N2O2/c1-13(19-10-8-16(2,3)9-11-19)12-17(4,15(20)21-5)18-14-6-7-14/h13-14,18H,6-12H2,1-5H3. The van der Waals surface area contributed by atoms with E-state index in [9.17, 15) is 4.79 Å². The monoisotopic (exact) mass is 296 g/mol. The Hall–Kier alpha value is -0.610. The third-order valence-electron chi connectivity index (χ3n) is 5.21. The fourth-order valence-electron chi connectivity index (χ4n) is 3.39. The number of rotatable bonds is 6. The highest BCUT2D eigenvalue weighted by Crippen LogP contribution is 2.32. The second-order valence-electron chi connectivity index (χ2n) is 8.00. The van der Waals surface area contributed by atoms with Crippen LogP contribution in [0.4, 0.5) is 0 Å². The molecular weight excluding hydrogens is 264 g/mol. The Morgan fingerprint density at radius 1 is 1.38 bits per heavy atom. The van der Waals surface area contributed by atoms with Gasteiger partial charge in [-0.3, -0.25) is 10.1 Å². The van der Waals surface area contributed by atoms with Crippen LogP contribution >= 0.6 is 0 Å². The van der Waals surface area contributed by atoms with E-state index in [1.807, 2.05) is 6.92 Å². The summed E-state index contributed by atoms with van der Waals surface area (Å²) in [5.41, 5.74) is -0.0869. The van der Waals surface area contributed by atoms with Crippen LogP contribution < -0.4 is 5.32 Å². The lowest BCUT2D eigenvalue weighted by Gasteiger charge is -2.42. The fourth-order valence-corrected chi connectivity index (χ4v) is 3.39. The minimum atomic E-state index is -0.553. The van der Waals surface area contributed by atoms with Crippen LogP contribution in [-0.4, -0.2) is 48.7 Å². The van der Waals surface area contributed by atoms with Crippen LogP contribution in [-0.2, 0) is 9.53 Å². The largest absolute Gasteiger partial charge is 0.468 e. The third-order valence-corrected chi connectivity index (χ3v) is 5.21. The molecule has 2 unspecified atom stereocenters. The average molecular weight is 296 g/mol. The number of piperidine rings is 1. The van der Waals surface area contributed by atoms with E-state index in [0.717, 1.165) is 19.5 Å². The Bertz CT molecular complexity index is 369. The summed E-state index contributed by atoms with van der Waals surface area (Å²) >= 11 is 0. The van der Waals surface area contributed by atoms with Crippen molar-refractivity contribution in [1.29, 1.82) is 0 Å². The van der Waals surface area contributed by atoms with Gasteiger partial charge in [0.05, 0.1) is 7.11 Å². The molecule has 1 saturated heterocycles. The van der Waals surface area contributed by atoms with Crippen molar-refractivity contribution >= 4 is 5.97 Å². The number of nitrogens with zero attached hydrogens (tertiary/aromatic N) is 1. The maximum atomic E-state index is 12.2. The molecule has 1 saturated carbocycles. The van der Waals surface area contributed by atoms with Crippen LogP contribution in [0.25, 0.3) is 0 Å². The second kappa shape index (κ2) is 6.25. The lowest BCUT2D eigenvalue weighted by molar-refractivity contribution is -0.149. The topological polar surface area (TPSA) is 41.6 Å². The Labute approximate surface area is 129 Å². The van der Waals surface area contributed by atoms with E-state index in [-0.39, 0.29) is 5.97 Å². The van der Waals surface area contributed by atoms with Crippen LogP contribution in [0.1, 0.15) is 59.8 Å². The van der Waals surface area contributed by atoms with Gasteiger partial charge < -0.3 is 9.64 Å². The molecule has 2 fully saturated rings. The van der Waals surface area contributed by atoms with Gasteiger partial charge in [0.1, 0.15) is 5.54 Å². The molecule has 4 nitrogen and oxygen atoms in total. The van der Waals surface area contributed by atoms with Crippen molar-refractivity contribution in [2.45, 2.75) is 77.4 Å². The predicted molar refractivity (Wildman–Crippen MR) is 85.2 cm³/mol. The Morgan fingerprint density at radius 2 is 1.95 bits per heavy atom. The molecule has 0 bridgehead atoms. The molecule has 0 spiro atoms. The molecule has 4 heteroatoms. The van der Waals surface area contributed by atoms with Gasteiger partial charge in [0.2, 0.25) is 0 Å². The number of ether oxygens (including phenoxy) is 1. The van der Waals surface area contributed by atoms with Gasteiger partial charge >= 0.3 is 5.97 Å². The summed E-state index contributed by atoms with van der Waals surface area (Å²) in [6, 6.07) is 0.901. The van der Waals surface area contributed by atoms with E-state index in [0.29, 0.717) is 17.5 Å². The lowest BCUT2D eigenvalue weighted by atomic mass is 9.81. The van der Waals surface area contributed by atoms with E-state index in [1.165, 1.54) is 32.8 Å². The van der Waals surface area contributed by atoms with Gasteiger partial charge in [-0.2, -0.15) is 0 Å². The van der Waals surface area contributed by atoms with Crippen molar-refractivity contribution in [2.24, 2.45) is 5.41 Å². The minimum Gasteiger partial charge on any atom is -0.468 e. The van der Waals surface area contributed by atoms with Crippen molar-refractivity contribution in [1.82, 2.24) is 10.2 Å². The molecule has 2 aliphatic rings. The van der Waals surface area contributed by atoms with Crippen molar-refractivity contribution in [3.05, 3.63) is 0 Å². The zero-order valence-corrected chi connectivity index (χ0v) is 14.4. The van der Waals surface area contributed by atoms with Crippen LogP contribution in [0.3, 0.4) is 0 Å². The molecule has 0 aromatic rings. The van der Waals surface area contributed by atoms with E-state index in [2.05, 4.69) is 31.0 Å². The quantitative estimate of drug-likeness (QED) is 0.765. The van der Waals surface area contributed by atoms with E-state index >= 15 is 0 Å². The van der Waals surface area contributed by atoms with Gasteiger partial charge in [-0.25, -0.2) is 0 Å². The highest BCUT2D eigenvalue weighted by molar-refractivity contribution is 5.80. The molecule has 2 atom stereocenters. The molecular formula is C17H32N2O2. The highest BCUT2D eigenvalue weighted by atomic mass is 16.5. The normalized spacial score (nSPS) is 26.9. The summed E-state index contributed by atoms with van der Waals surface area (Å²) in [6.07, 6.45) is 5.65. The SMILES string of the molecule is COC(=O)C(C)(CC(C)N1CCC(C)(C)CC1)NC1CC1. The first-order chi connectivity index (χ1) is 9.76. The van der Waals surface area contributed by atoms with Gasteiger partial charge in [-0.15, -0.1) is 0 Å². The van der Waals surface area contributed by atoms with Gasteiger partial charge in [0.25, 0.3) is 0 Å². The summed E-state index contributed by atoms with van der Waals surface area (Å²) in [7, 11) is 1.49. The maximum Gasteiger partial charge on any atom is 0.325 e. The zero-order valence-electron chi connectivity index (χ0n) is 14.4. The summed E-state index contributed by atoms with van der Waals surface area (Å²) < 4.78 is 5.05. The smallest absolute Gasteiger partial charge is 0.325 e. The van der Waals surface area contributed by atoms with Crippen LogP contribution in [0, 0.1) is 5.41 Å². The molecule has 0 amide bonds. The molecule has 1 aliphatic carbocycles. The Balaban J connectivity index is 1.94. The summed E-state index contributed by atoms with van der Waals surface area (Å²) in [5.74, 6) is -0.126. The molecule has 1 aliphatic heterocycles. The Kier molecular flexibility index (Phi) is 4.99. The molecule has 122 valence electrons. The molecule has 21 heavy (non-hydrogen) atoms. The minimum absolute atomic E-state index is 0.126. The number of carbonyl (C=O) groups excluding carboxylic acids is 1. The number of carbonyl (C=O) groups is 1. The number of nitrogens with one attached hydrogen (secondary N) is 1. The molecule has 0 aromatic carbocycles. The number of esters is 1. The van der Waals surface area contributed by atoms with Gasteiger partial charge in [-0.05, 0) is 64.5 Å². The second-order valence-corrected chi connectivity index (χ2v) is 8.00. The first kappa shape index (κ1) is 16.8. The molecule has 1 heterocycles. The number of hydrogen-bond acceptors (Lipinski definition) is 4. The van der Waals surface area contributed by atoms with Gasteiger partial charge in [0, 0.05) is 12.1 Å². The summed E-state index contributed by atoms with van der Waals surface area (Å²) in [5, 5.41) is 3.50. The van der Waals surface area contributed by atoms with E-state index < -0.39 is 5.54 Å². The van der Waals surface area contributed by atoms with Crippen molar-refractivity contribution < 1.29 is 9.53 Å². The van der Waals surface area contributed by atoms with E-state index in [1.54, 1.807) is 0 Å². The van der Waals surface area contributed by atoms with Crippen molar-refractivity contribution in [2.75, 3.05) is 20.2 Å². The van der Waals surface area contributed by atoms with Crippen LogP contribution in [0.2, 0.25) is 0 Å². The van der Waals surface area contributed by atoms with Crippen LogP contribution in [0.5, 0.6) is 0 Å². The molecule has 2 rings (SSSR count). The maximum absolute atomic E-state index is 12.2. The van der Waals surface area contributed by atoms with Gasteiger partial charge in [-0.1, -0.05) is 13.8 Å². The first-order valence-corrected chi connectivity index (χ1v) is 8.36. The Morgan fingerprint density at radius 3 is 2.43 bits per heavy atom. The first-order valence-electron chi connectivity index (χ1n) is 8.36.